The van der Waals surface area contributed by atoms with Crippen molar-refractivity contribution in [2.45, 2.75) is 51.6 Å². The third-order valence-corrected chi connectivity index (χ3v) is 4.86. The Balaban J connectivity index is 1.98. The van der Waals surface area contributed by atoms with Gasteiger partial charge in [0.05, 0.1) is 6.54 Å². The normalized spacial score (nSPS) is 16.6. The van der Waals surface area contributed by atoms with E-state index in [9.17, 15) is 9.18 Å². The van der Waals surface area contributed by atoms with Gasteiger partial charge >= 0.3 is 6.09 Å². The van der Waals surface area contributed by atoms with Gasteiger partial charge in [-0.15, -0.1) is 0 Å². The maximum Gasteiger partial charge on any atom is 0.407 e. The highest BCUT2D eigenvalue weighted by Gasteiger charge is 2.34. The fourth-order valence-corrected chi connectivity index (χ4v) is 3.35. The summed E-state index contributed by atoms with van der Waals surface area (Å²) < 4.78 is 24.6. The van der Waals surface area contributed by atoms with E-state index in [4.69, 9.17) is 14.5 Å². The molecule has 1 aliphatic rings. The van der Waals surface area contributed by atoms with Gasteiger partial charge in [-0.3, -0.25) is 4.99 Å². The molecule has 1 heterocycles. The number of carbonyl (C=O) groups excluding carboxylic acids is 1. The first-order valence-electron chi connectivity index (χ1n) is 10.6. The van der Waals surface area contributed by atoms with E-state index < -0.39 is 11.7 Å². The van der Waals surface area contributed by atoms with Gasteiger partial charge in [0.2, 0.25) is 0 Å². The number of benzene rings is 1. The Morgan fingerprint density at radius 3 is 2.53 bits per heavy atom. The van der Waals surface area contributed by atoms with Crippen LogP contribution in [-0.4, -0.2) is 57.0 Å². The molecule has 3 N–H and O–H groups in total. The fourth-order valence-electron chi connectivity index (χ4n) is 3.35. The molecule has 2 rings (SSSR count). The van der Waals surface area contributed by atoms with Gasteiger partial charge in [-0.25, -0.2) is 9.18 Å². The molecule has 1 aromatic carbocycles. The van der Waals surface area contributed by atoms with Crippen molar-refractivity contribution in [2.75, 3.05) is 39.4 Å². The summed E-state index contributed by atoms with van der Waals surface area (Å²) in [5, 5.41) is 9.16. The molecule has 0 unspecified atom stereocenters. The Hall–Kier alpha value is -2.35. The van der Waals surface area contributed by atoms with E-state index in [-0.39, 0.29) is 11.2 Å². The summed E-state index contributed by atoms with van der Waals surface area (Å²) in [6.07, 6.45) is 1.14. The van der Waals surface area contributed by atoms with Gasteiger partial charge in [0, 0.05) is 38.3 Å². The second-order valence-corrected chi connectivity index (χ2v) is 8.45. The highest BCUT2D eigenvalue weighted by atomic mass is 19.1. The second kappa shape index (κ2) is 11.2. The molecule has 1 aromatic rings. The largest absolute Gasteiger partial charge is 0.444 e. The molecule has 1 fully saturated rings. The van der Waals surface area contributed by atoms with Crippen LogP contribution in [0.25, 0.3) is 0 Å². The number of halogens is 1. The number of ether oxygens (including phenoxy) is 2. The van der Waals surface area contributed by atoms with E-state index in [1.165, 1.54) is 6.07 Å². The Kier molecular flexibility index (Phi) is 8.89. The number of hydrogen-bond donors (Lipinski definition) is 3. The molecule has 7 nitrogen and oxygen atoms in total. The summed E-state index contributed by atoms with van der Waals surface area (Å²) in [4.78, 5) is 16.5. The number of guanidine groups is 1. The summed E-state index contributed by atoms with van der Waals surface area (Å²) in [6, 6.07) is 6.78. The van der Waals surface area contributed by atoms with Crippen LogP contribution >= 0.6 is 0 Å². The molecule has 30 heavy (non-hydrogen) atoms. The van der Waals surface area contributed by atoms with E-state index in [0.29, 0.717) is 45.4 Å². The molecule has 0 bridgehead atoms. The number of carbonyl (C=O) groups is 1. The van der Waals surface area contributed by atoms with Gasteiger partial charge < -0.3 is 25.4 Å². The summed E-state index contributed by atoms with van der Waals surface area (Å²) in [5.74, 6) is 0.423. The molecule has 0 atom stereocenters. The molecule has 0 aliphatic carbocycles. The van der Waals surface area contributed by atoms with E-state index >= 15 is 0 Å². The molecule has 1 saturated heterocycles. The van der Waals surface area contributed by atoms with Crippen LogP contribution in [0, 0.1) is 5.82 Å². The number of aliphatic imine (C=N–C) groups is 1. The molecule has 1 amide bonds. The average molecular weight is 423 g/mol. The van der Waals surface area contributed by atoms with Crippen molar-refractivity contribution >= 4 is 12.1 Å². The average Bonchev–Trinajstić information content (AvgIpc) is 2.68. The van der Waals surface area contributed by atoms with Gasteiger partial charge in [0.1, 0.15) is 11.4 Å². The van der Waals surface area contributed by atoms with E-state index in [0.717, 1.165) is 18.4 Å². The maximum atomic E-state index is 13.8. The monoisotopic (exact) mass is 422 g/mol. The number of hydrogen-bond acceptors (Lipinski definition) is 4. The Labute approximate surface area is 178 Å². The van der Waals surface area contributed by atoms with Crippen LogP contribution < -0.4 is 16.0 Å². The summed E-state index contributed by atoms with van der Waals surface area (Å²) in [6.45, 7) is 10.9. The molecule has 0 radical (unpaired) electrons. The molecule has 8 heteroatoms. The van der Waals surface area contributed by atoms with Crippen LogP contribution in [0.4, 0.5) is 9.18 Å². The standard InChI is InChI=1S/C22H35FN4O3/c1-5-24-19(25-11-12-26-20(28)30-21(2,3)4)27-16-22(9-13-29-14-10-22)17-7-6-8-18(23)15-17/h6-8,15H,5,9-14,16H2,1-4H3,(H,26,28)(H2,24,25,27). The third-order valence-electron chi connectivity index (χ3n) is 4.86. The van der Waals surface area contributed by atoms with Gasteiger partial charge in [-0.05, 0) is 58.2 Å². The fraction of sp³-hybridized carbons (Fsp3) is 0.636. The summed E-state index contributed by atoms with van der Waals surface area (Å²) in [5.41, 5.74) is 0.178. The van der Waals surface area contributed by atoms with Crippen LogP contribution in [-0.2, 0) is 14.9 Å². The number of nitrogens with zero attached hydrogens (tertiary/aromatic N) is 1. The predicted molar refractivity (Wildman–Crippen MR) is 116 cm³/mol. The maximum absolute atomic E-state index is 13.8. The quantitative estimate of drug-likeness (QED) is 0.357. The smallest absolute Gasteiger partial charge is 0.407 e. The van der Waals surface area contributed by atoms with Crippen molar-refractivity contribution in [3.05, 3.63) is 35.6 Å². The molecular formula is C22H35FN4O3. The van der Waals surface area contributed by atoms with E-state index in [2.05, 4.69) is 16.0 Å². The molecule has 0 aromatic heterocycles. The highest BCUT2D eigenvalue weighted by molar-refractivity contribution is 5.79. The molecule has 1 aliphatic heterocycles. The van der Waals surface area contributed by atoms with Crippen molar-refractivity contribution in [2.24, 2.45) is 4.99 Å². The van der Waals surface area contributed by atoms with Crippen LogP contribution in [0.2, 0.25) is 0 Å². The lowest BCUT2D eigenvalue weighted by Crippen LogP contribution is -2.44. The van der Waals surface area contributed by atoms with Crippen LogP contribution in [0.1, 0.15) is 46.1 Å². The Bertz CT molecular complexity index is 713. The van der Waals surface area contributed by atoms with Gasteiger partial charge in [-0.2, -0.15) is 0 Å². The summed E-state index contributed by atoms with van der Waals surface area (Å²) in [7, 11) is 0. The van der Waals surface area contributed by atoms with Gasteiger partial charge in [0.25, 0.3) is 0 Å². The molecule has 0 saturated carbocycles. The van der Waals surface area contributed by atoms with E-state index in [1.807, 2.05) is 33.8 Å². The van der Waals surface area contributed by atoms with Crippen molar-refractivity contribution < 1.29 is 18.7 Å². The van der Waals surface area contributed by atoms with Gasteiger partial charge in [0.15, 0.2) is 5.96 Å². The predicted octanol–water partition coefficient (Wildman–Crippen LogP) is 2.95. The minimum absolute atomic E-state index is 0.236. The van der Waals surface area contributed by atoms with Gasteiger partial charge in [-0.1, -0.05) is 12.1 Å². The zero-order valence-electron chi connectivity index (χ0n) is 18.5. The van der Waals surface area contributed by atoms with Crippen molar-refractivity contribution in [3.8, 4) is 0 Å². The SMILES string of the molecule is CCNC(=NCC1(c2cccc(F)c2)CCOCC1)NCCNC(=O)OC(C)(C)C. The van der Waals surface area contributed by atoms with Crippen LogP contribution in [0.3, 0.4) is 0 Å². The van der Waals surface area contributed by atoms with Crippen LogP contribution in [0.15, 0.2) is 29.3 Å². The zero-order chi connectivity index (χ0) is 22.0. The zero-order valence-corrected chi connectivity index (χ0v) is 18.5. The number of rotatable bonds is 7. The minimum atomic E-state index is -0.525. The number of amides is 1. The highest BCUT2D eigenvalue weighted by Crippen LogP contribution is 2.35. The second-order valence-electron chi connectivity index (χ2n) is 8.45. The lowest BCUT2D eigenvalue weighted by Gasteiger charge is -2.36. The van der Waals surface area contributed by atoms with Crippen molar-refractivity contribution in [1.29, 1.82) is 0 Å². The van der Waals surface area contributed by atoms with Crippen molar-refractivity contribution in [1.82, 2.24) is 16.0 Å². The van der Waals surface area contributed by atoms with Crippen molar-refractivity contribution in [3.63, 3.8) is 0 Å². The topological polar surface area (TPSA) is 84.0 Å². The van der Waals surface area contributed by atoms with Crippen LogP contribution in [0.5, 0.6) is 0 Å². The summed E-state index contributed by atoms with van der Waals surface area (Å²) >= 11 is 0. The lowest BCUT2D eigenvalue weighted by molar-refractivity contribution is 0.0527. The number of alkyl carbamates (subject to hydrolysis) is 1. The minimum Gasteiger partial charge on any atom is -0.444 e. The first-order chi connectivity index (χ1) is 14.2. The Morgan fingerprint density at radius 2 is 1.90 bits per heavy atom. The van der Waals surface area contributed by atoms with E-state index in [1.54, 1.807) is 12.1 Å². The first-order valence-corrected chi connectivity index (χ1v) is 10.6. The first kappa shape index (κ1) is 23.9. The number of nitrogens with one attached hydrogen (secondary N) is 3. The third kappa shape index (κ3) is 7.82. The molecule has 0 spiro atoms. The molecule has 168 valence electrons. The lowest BCUT2D eigenvalue weighted by atomic mass is 9.74. The molecular weight excluding hydrogens is 387 g/mol. The Morgan fingerprint density at radius 1 is 1.20 bits per heavy atom.